The number of hydrogen-bond acceptors (Lipinski definition) is 7. The number of ether oxygens (including phenoxy) is 1. The van der Waals surface area contributed by atoms with Crippen molar-refractivity contribution < 1.29 is 9.53 Å². The van der Waals surface area contributed by atoms with Crippen LogP contribution >= 0.6 is 0 Å². The molecule has 0 spiro atoms. The molecule has 0 unspecified atom stereocenters. The third-order valence-corrected chi connectivity index (χ3v) is 5.44. The topological polar surface area (TPSA) is 79.6 Å². The molecular formula is C17H31N7O2. The van der Waals surface area contributed by atoms with Crippen LogP contribution in [0.4, 0.5) is 0 Å². The molecule has 0 N–H and O–H groups in total. The van der Waals surface area contributed by atoms with E-state index < -0.39 is 0 Å². The highest BCUT2D eigenvalue weighted by Crippen LogP contribution is 2.16. The summed E-state index contributed by atoms with van der Waals surface area (Å²) in [6, 6.07) is 0.475. The van der Waals surface area contributed by atoms with Gasteiger partial charge in [0.25, 0.3) is 0 Å². The maximum Gasteiger partial charge on any atom is 0.224 e. The molecular weight excluding hydrogens is 334 g/mol. The lowest BCUT2D eigenvalue weighted by atomic mass is 10.0. The SMILES string of the molecule is CN(C[C@@H]1CCCCN1C)C(=O)CCn1nnnc1CN1CCOCC1. The summed E-state index contributed by atoms with van der Waals surface area (Å²) in [5.41, 5.74) is 0. The van der Waals surface area contributed by atoms with Crippen LogP contribution in [0.25, 0.3) is 0 Å². The smallest absolute Gasteiger partial charge is 0.224 e. The first-order valence-corrected chi connectivity index (χ1v) is 9.63. The fourth-order valence-corrected chi connectivity index (χ4v) is 3.65. The van der Waals surface area contributed by atoms with Gasteiger partial charge in [-0.2, -0.15) is 0 Å². The molecule has 2 aliphatic rings. The monoisotopic (exact) mass is 365 g/mol. The lowest BCUT2D eigenvalue weighted by Crippen LogP contribution is -2.45. The Morgan fingerprint density at radius 3 is 2.85 bits per heavy atom. The van der Waals surface area contributed by atoms with Crippen LogP contribution in [0.15, 0.2) is 0 Å². The van der Waals surface area contributed by atoms with Gasteiger partial charge in [-0.3, -0.25) is 9.69 Å². The summed E-state index contributed by atoms with van der Waals surface area (Å²) < 4.78 is 7.13. The predicted octanol–water partition coefficient (Wildman–Crippen LogP) is -0.162. The molecule has 1 aromatic rings. The third kappa shape index (κ3) is 5.21. The number of rotatable bonds is 7. The molecule has 9 nitrogen and oxygen atoms in total. The van der Waals surface area contributed by atoms with Crippen molar-refractivity contribution in [3.63, 3.8) is 0 Å². The van der Waals surface area contributed by atoms with Gasteiger partial charge in [0.15, 0.2) is 5.82 Å². The molecule has 2 saturated heterocycles. The number of aryl methyl sites for hydroxylation is 1. The van der Waals surface area contributed by atoms with Gasteiger partial charge >= 0.3 is 0 Å². The summed E-state index contributed by atoms with van der Waals surface area (Å²) in [6.45, 7) is 6.44. The summed E-state index contributed by atoms with van der Waals surface area (Å²) in [4.78, 5) is 19.0. The van der Waals surface area contributed by atoms with Crippen molar-refractivity contribution in [2.24, 2.45) is 0 Å². The number of nitrogens with zero attached hydrogens (tertiary/aromatic N) is 7. The van der Waals surface area contributed by atoms with E-state index in [0.29, 0.717) is 25.6 Å². The zero-order valence-corrected chi connectivity index (χ0v) is 16.0. The molecule has 0 aliphatic carbocycles. The standard InChI is InChI=1S/C17H31N7O2/c1-21-7-4-3-5-15(21)13-22(2)17(25)6-8-24-16(18-19-20-24)14-23-9-11-26-12-10-23/h15H,3-14H2,1-2H3/t15-/m0/s1. The number of tetrazole rings is 1. The lowest BCUT2D eigenvalue weighted by molar-refractivity contribution is -0.131. The number of piperidine rings is 1. The third-order valence-electron chi connectivity index (χ3n) is 5.44. The van der Waals surface area contributed by atoms with Crippen molar-refractivity contribution in [3.8, 4) is 0 Å². The quantitative estimate of drug-likeness (QED) is 0.664. The molecule has 0 radical (unpaired) electrons. The van der Waals surface area contributed by atoms with Crippen LogP contribution in [0.2, 0.25) is 0 Å². The van der Waals surface area contributed by atoms with Crippen LogP contribution in [-0.4, -0.2) is 100 Å². The number of likely N-dealkylation sites (tertiary alicyclic amines) is 1. The van der Waals surface area contributed by atoms with E-state index in [1.165, 1.54) is 19.3 Å². The van der Waals surface area contributed by atoms with Crippen LogP contribution in [0.5, 0.6) is 0 Å². The highest BCUT2D eigenvalue weighted by Gasteiger charge is 2.22. The molecule has 1 atom stereocenters. The molecule has 1 amide bonds. The van der Waals surface area contributed by atoms with Crippen molar-refractivity contribution in [3.05, 3.63) is 5.82 Å². The molecule has 9 heteroatoms. The molecule has 2 fully saturated rings. The van der Waals surface area contributed by atoms with Gasteiger partial charge in [-0.1, -0.05) is 6.42 Å². The van der Waals surface area contributed by atoms with Crippen molar-refractivity contribution in [1.29, 1.82) is 0 Å². The van der Waals surface area contributed by atoms with Gasteiger partial charge in [-0.25, -0.2) is 4.68 Å². The fraction of sp³-hybridized carbons (Fsp3) is 0.882. The second-order valence-electron chi connectivity index (χ2n) is 7.36. The summed E-state index contributed by atoms with van der Waals surface area (Å²) in [6.07, 6.45) is 4.11. The van der Waals surface area contributed by atoms with E-state index in [0.717, 1.165) is 45.2 Å². The van der Waals surface area contributed by atoms with E-state index in [2.05, 4.69) is 32.4 Å². The Labute approximate surface area is 155 Å². The molecule has 3 heterocycles. The maximum absolute atomic E-state index is 12.5. The molecule has 2 aliphatic heterocycles. The Morgan fingerprint density at radius 1 is 1.27 bits per heavy atom. The second kappa shape index (κ2) is 9.38. The average molecular weight is 365 g/mol. The van der Waals surface area contributed by atoms with Crippen LogP contribution in [0.3, 0.4) is 0 Å². The zero-order valence-electron chi connectivity index (χ0n) is 16.0. The van der Waals surface area contributed by atoms with Crippen LogP contribution in [0.1, 0.15) is 31.5 Å². The highest BCUT2D eigenvalue weighted by atomic mass is 16.5. The number of likely N-dealkylation sites (N-methyl/N-ethyl adjacent to an activating group) is 2. The van der Waals surface area contributed by atoms with E-state index in [-0.39, 0.29) is 5.91 Å². The first-order valence-electron chi connectivity index (χ1n) is 9.63. The lowest BCUT2D eigenvalue weighted by Gasteiger charge is -2.35. The number of hydrogen-bond donors (Lipinski definition) is 0. The Morgan fingerprint density at radius 2 is 2.08 bits per heavy atom. The van der Waals surface area contributed by atoms with E-state index in [4.69, 9.17) is 4.74 Å². The minimum absolute atomic E-state index is 0.150. The van der Waals surface area contributed by atoms with Crippen molar-refractivity contribution >= 4 is 5.91 Å². The maximum atomic E-state index is 12.5. The Balaban J connectivity index is 1.46. The molecule has 26 heavy (non-hydrogen) atoms. The van der Waals surface area contributed by atoms with Gasteiger partial charge in [0.2, 0.25) is 5.91 Å². The summed E-state index contributed by atoms with van der Waals surface area (Å²) in [7, 11) is 4.06. The molecule has 3 rings (SSSR count). The van der Waals surface area contributed by atoms with Gasteiger partial charge in [-0.15, -0.1) is 5.10 Å². The van der Waals surface area contributed by atoms with Crippen molar-refractivity contribution in [1.82, 2.24) is 34.9 Å². The van der Waals surface area contributed by atoms with Gasteiger partial charge in [0.1, 0.15) is 0 Å². The molecule has 1 aromatic heterocycles. The molecule has 0 saturated carbocycles. The first kappa shape index (κ1) is 19.2. The second-order valence-corrected chi connectivity index (χ2v) is 7.36. The minimum Gasteiger partial charge on any atom is -0.379 e. The fourth-order valence-electron chi connectivity index (χ4n) is 3.65. The summed E-state index contributed by atoms with van der Waals surface area (Å²) in [5, 5.41) is 12.0. The van der Waals surface area contributed by atoms with Gasteiger partial charge < -0.3 is 14.5 Å². The van der Waals surface area contributed by atoms with Gasteiger partial charge in [0, 0.05) is 39.1 Å². The Hall–Kier alpha value is -1.58. The highest BCUT2D eigenvalue weighted by molar-refractivity contribution is 5.75. The van der Waals surface area contributed by atoms with Crippen LogP contribution in [-0.2, 0) is 22.6 Å². The van der Waals surface area contributed by atoms with Gasteiger partial charge in [-0.05, 0) is 36.9 Å². The number of carbonyl (C=O) groups is 1. The van der Waals surface area contributed by atoms with Crippen molar-refractivity contribution in [2.45, 2.75) is 44.8 Å². The number of amides is 1. The largest absolute Gasteiger partial charge is 0.379 e. The van der Waals surface area contributed by atoms with E-state index >= 15 is 0 Å². The zero-order chi connectivity index (χ0) is 18.4. The number of morpholine rings is 1. The average Bonchev–Trinajstić information content (AvgIpc) is 3.09. The van der Waals surface area contributed by atoms with E-state index in [1.54, 1.807) is 4.68 Å². The Kier molecular flexibility index (Phi) is 6.93. The Bertz CT molecular complexity index is 573. The van der Waals surface area contributed by atoms with Crippen LogP contribution in [0, 0.1) is 0 Å². The van der Waals surface area contributed by atoms with Crippen LogP contribution < -0.4 is 0 Å². The summed E-state index contributed by atoms with van der Waals surface area (Å²) >= 11 is 0. The normalized spacial score (nSPS) is 22.5. The number of aromatic nitrogens is 4. The minimum atomic E-state index is 0.150. The predicted molar refractivity (Wildman–Crippen MR) is 96.4 cm³/mol. The molecule has 0 aromatic carbocycles. The summed E-state index contributed by atoms with van der Waals surface area (Å²) in [5.74, 6) is 0.964. The van der Waals surface area contributed by atoms with Gasteiger partial charge in [0.05, 0.1) is 26.3 Å². The van der Waals surface area contributed by atoms with E-state index in [1.807, 2.05) is 11.9 Å². The first-order chi connectivity index (χ1) is 12.6. The van der Waals surface area contributed by atoms with Crippen molar-refractivity contribution in [2.75, 3.05) is 53.5 Å². The molecule has 146 valence electrons. The molecule has 0 bridgehead atoms. The van der Waals surface area contributed by atoms with E-state index in [9.17, 15) is 4.79 Å². The number of carbonyl (C=O) groups excluding carboxylic acids is 1.